The number of aromatic nitrogens is 2. The van der Waals surface area contributed by atoms with Crippen LogP contribution in [-0.2, 0) is 11.3 Å². The molecule has 7 nitrogen and oxygen atoms in total. The van der Waals surface area contributed by atoms with Crippen LogP contribution in [0.4, 0.5) is 11.6 Å². The van der Waals surface area contributed by atoms with Gasteiger partial charge >= 0.3 is 0 Å². The van der Waals surface area contributed by atoms with Crippen LogP contribution in [0.2, 0.25) is 0 Å². The molecule has 7 heteroatoms. The van der Waals surface area contributed by atoms with Crippen molar-refractivity contribution in [2.45, 2.75) is 37.8 Å². The molecule has 0 aliphatic carbocycles. The normalized spacial score (nSPS) is 22.9. The Kier molecular flexibility index (Phi) is 5.29. The molecule has 1 N–H and O–H groups in total. The number of nitrogens with zero attached hydrogens (tertiary/aromatic N) is 5. The third-order valence-electron chi connectivity index (χ3n) is 6.82. The number of rotatable bonds is 3. The lowest BCUT2D eigenvalue weighted by Crippen LogP contribution is -2.43. The Hall–Kier alpha value is -2.67. The average Bonchev–Trinajstić information content (AvgIpc) is 3.28. The van der Waals surface area contributed by atoms with Crippen LogP contribution in [0.5, 0.6) is 0 Å². The zero-order valence-electron chi connectivity index (χ0n) is 17.6. The minimum atomic E-state index is 0.179. The lowest BCUT2D eigenvalue weighted by atomic mass is 9.89. The van der Waals surface area contributed by atoms with Crippen molar-refractivity contribution >= 4 is 17.5 Å². The number of carbonyl (C=O) groups is 1. The van der Waals surface area contributed by atoms with Crippen molar-refractivity contribution in [2.75, 3.05) is 49.6 Å². The molecule has 3 aliphatic heterocycles. The SMILES string of the molecule is CN1CC(=O)N(C2CCNC2)Cc2c1ncnc2N1CCC(c2ccccc2)CC1. The molecule has 4 heterocycles. The van der Waals surface area contributed by atoms with Crippen LogP contribution in [0.15, 0.2) is 36.7 Å². The maximum absolute atomic E-state index is 13.0. The van der Waals surface area contributed by atoms with E-state index in [1.165, 1.54) is 5.56 Å². The van der Waals surface area contributed by atoms with E-state index >= 15 is 0 Å². The van der Waals surface area contributed by atoms with Gasteiger partial charge in [-0.2, -0.15) is 0 Å². The Morgan fingerprint density at radius 3 is 2.50 bits per heavy atom. The Labute approximate surface area is 178 Å². The fourth-order valence-electron chi connectivity index (χ4n) is 5.15. The number of carbonyl (C=O) groups excluding carboxylic acids is 1. The Balaban J connectivity index is 1.40. The molecule has 30 heavy (non-hydrogen) atoms. The highest BCUT2D eigenvalue weighted by Gasteiger charge is 2.34. The quantitative estimate of drug-likeness (QED) is 0.841. The van der Waals surface area contributed by atoms with E-state index in [0.29, 0.717) is 19.0 Å². The summed E-state index contributed by atoms with van der Waals surface area (Å²) in [5.74, 6) is 2.68. The average molecular weight is 407 g/mol. The monoisotopic (exact) mass is 406 g/mol. The number of likely N-dealkylation sites (N-methyl/N-ethyl adjacent to an activating group) is 1. The molecule has 2 fully saturated rings. The Morgan fingerprint density at radius 2 is 1.77 bits per heavy atom. The summed E-state index contributed by atoms with van der Waals surface area (Å²) in [6.45, 7) is 4.77. The van der Waals surface area contributed by atoms with E-state index in [1.807, 2.05) is 16.8 Å². The van der Waals surface area contributed by atoms with Gasteiger partial charge in [0.2, 0.25) is 5.91 Å². The van der Waals surface area contributed by atoms with E-state index in [2.05, 4.69) is 45.5 Å². The summed E-state index contributed by atoms with van der Waals surface area (Å²) >= 11 is 0. The van der Waals surface area contributed by atoms with Gasteiger partial charge in [0.25, 0.3) is 0 Å². The van der Waals surface area contributed by atoms with E-state index in [9.17, 15) is 4.79 Å². The molecule has 0 spiro atoms. The van der Waals surface area contributed by atoms with E-state index < -0.39 is 0 Å². The second-order valence-corrected chi connectivity index (χ2v) is 8.70. The highest BCUT2D eigenvalue weighted by Crippen LogP contribution is 2.35. The number of piperidine rings is 1. The highest BCUT2D eigenvalue weighted by molar-refractivity contribution is 5.84. The standard InChI is InChI=1S/C23H30N6O/c1-27-15-21(30)29(19-7-10-24-13-19)14-20-22(27)25-16-26-23(20)28-11-8-18(9-12-28)17-5-3-2-4-6-17/h2-6,16,18-19,24H,7-15H2,1H3. The summed E-state index contributed by atoms with van der Waals surface area (Å²) in [7, 11) is 1.96. The first kappa shape index (κ1) is 19.3. The molecule has 5 rings (SSSR count). The van der Waals surface area contributed by atoms with Gasteiger partial charge in [0, 0.05) is 32.7 Å². The second-order valence-electron chi connectivity index (χ2n) is 8.70. The third-order valence-corrected chi connectivity index (χ3v) is 6.82. The number of benzene rings is 1. The maximum Gasteiger partial charge on any atom is 0.242 e. The molecule has 1 atom stereocenters. The first-order valence-electron chi connectivity index (χ1n) is 11.1. The van der Waals surface area contributed by atoms with Crippen LogP contribution in [0.3, 0.4) is 0 Å². The van der Waals surface area contributed by atoms with Gasteiger partial charge < -0.3 is 20.0 Å². The van der Waals surface area contributed by atoms with Crippen LogP contribution in [0.25, 0.3) is 0 Å². The number of hydrogen-bond acceptors (Lipinski definition) is 6. The molecule has 0 radical (unpaired) electrons. The first-order chi connectivity index (χ1) is 14.7. The number of hydrogen-bond donors (Lipinski definition) is 1. The highest BCUT2D eigenvalue weighted by atomic mass is 16.2. The number of fused-ring (bicyclic) bond motifs is 1. The van der Waals surface area contributed by atoms with Gasteiger partial charge in [0.1, 0.15) is 18.0 Å². The van der Waals surface area contributed by atoms with Gasteiger partial charge in [-0.3, -0.25) is 4.79 Å². The van der Waals surface area contributed by atoms with Crippen molar-refractivity contribution in [1.29, 1.82) is 0 Å². The van der Waals surface area contributed by atoms with Crippen molar-refractivity contribution in [3.8, 4) is 0 Å². The van der Waals surface area contributed by atoms with Crippen LogP contribution in [-0.4, -0.2) is 66.6 Å². The zero-order valence-corrected chi connectivity index (χ0v) is 17.6. The van der Waals surface area contributed by atoms with Gasteiger partial charge in [-0.05, 0) is 37.3 Å². The topological polar surface area (TPSA) is 64.6 Å². The fraction of sp³-hybridized carbons (Fsp3) is 0.522. The largest absolute Gasteiger partial charge is 0.356 e. The van der Waals surface area contributed by atoms with Crippen LogP contribution in [0, 0.1) is 0 Å². The summed E-state index contributed by atoms with van der Waals surface area (Å²) in [4.78, 5) is 28.7. The molecule has 1 aromatic heterocycles. The Bertz CT molecular complexity index is 890. The zero-order chi connectivity index (χ0) is 20.5. The van der Waals surface area contributed by atoms with Crippen molar-refractivity contribution < 1.29 is 4.79 Å². The molecule has 0 saturated carbocycles. The fourth-order valence-corrected chi connectivity index (χ4v) is 5.15. The molecule has 1 aromatic carbocycles. The van der Waals surface area contributed by atoms with Crippen LogP contribution >= 0.6 is 0 Å². The van der Waals surface area contributed by atoms with E-state index in [0.717, 1.165) is 62.6 Å². The summed E-state index contributed by atoms with van der Waals surface area (Å²) in [5, 5.41) is 3.40. The smallest absolute Gasteiger partial charge is 0.242 e. The number of nitrogens with one attached hydrogen (secondary N) is 1. The Morgan fingerprint density at radius 1 is 1.00 bits per heavy atom. The number of amides is 1. The molecule has 158 valence electrons. The molecule has 1 amide bonds. The van der Waals surface area contributed by atoms with Crippen molar-refractivity contribution in [3.63, 3.8) is 0 Å². The molecule has 0 bridgehead atoms. The van der Waals surface area contributed by atoms with Gasteiger partial charge in [0.05, 0.1) is 18.7 Å². The summed E-state index contributed by atoms with van der Waals surface area (Å²) in [6.07, 6.45) is 4.91. The van der Waals surface area contributed by atoms with Crippen molar-refractivity contribution in [3.05, 3.63) is 47.8 Å². The number of anilines is 2. The molecule has 2 aromatic rings. The van der Waals surface area contributed by atoms with E-state index in [1.54, 1.807) is 6.33 Å². The summed E-state index contributed by atoms with van der Waals surface area (Å²) in [5.41, 5.74) is 2.53. The molecular weight excluding hydrogens is 376 g/mol. The molecular formula is C23H30N6O. The maximum atomic E-state index is 13.0. The van der Waals surface area contributed by atoms with Crippen LogP contribution < -0.4 is 15.1 Å². The van der Waals surface area contributed by atoms with E-state index in [4.69, 9.17) is 4.98 Å². The van der Waals surface area contributed by atoms with Gasteiger partial charge in [-0.1, -0.05) is 30.3 Å². The van der Waals surface area contributed by atoms with Gasteiger partial charge in [0.15, 0.2) is 0 Å². The van der Waals surface area contributed by atoms with Crippen LogP contribution in [0.1, 0.15) is 36.3 Å². The lowest BCUT2D eigenvalue weighted by Gasteiger charge is -2.35. The summed E-state index contributed by atoms with van der Waals surface area (Å²) < 4.78 is 0. The minimum Gasteiger partial charge on any atom is -0.356 e. The minimum absolute atomic E-state index is 0.179. The predicted octanol–water partition coefficient (Wildman–Crippen LogP) is 2.00. The molecule has 3 aliphatic rings. The van der Waals surface area contributed by atoms with Crippen molar-refractivity contribution in [2.24, 2.45) is 0 Å². The van der Waals surface area contributed by atoms with Crippen molar-refractivity contribution in [1.82, 2.24) is 20.2 Å². The van der Waals surface area contributed by atoms with Gasteiger partial charge in [-0.15, -0.1) is 0 Å². The molecule has 1 unspecified atom stereocenters. The van der Waals surface area contributed by atoms with Gasteiger partial charge in [-0.25, -0.2) is 9.97 Å². The molecule has 2 saturated heterocycles. The predicted molar refractivity (Wildman–Crippen MR) is 118 cm³/mol. The second kappa shape index (κ2) is 8.22. The summed E-state index contributed by atoms with van der Waals surface area (Å²) in [6, 6.07) is 11.1. The first-order valence-corrected chi connectivity index (χ1v) is 11.1. The van der Waals surface area contributed by atoms with E-state index in [-0.39, 0.29) is 11.9 Å². The lowest BCUT2D eigenvalue weighted by molar-refractivity contribution is -0.132. The third kappa shape index (κ3) is 3.62.